The lowest BCUT2D eigenvalue weighted by Crippen LogP contribution is -2.03. The predicted octanol–water partition coefficient (Wildman–Crippen LogP) is 2.31. The molecule has 4 heteroatoms. The van der Waals surface area contributed by atoms with Crippen molar-refractivity contribution >= 4 is 0 Å². The lowest BCUT2D eigenvalue weighted by molar-refractivity contribution is 0.271. The fraction of sp³-hybridized carbons (Fsp3) is 0.167. The smallest absolute Gasteiger partial charge is 0.159 e. The Labute approximate surface area is 91.8 Å². The molecule has 1 N–H and O–H groups in total. The first-order chi connectivity index (χ1) is 7.70. The van der Waals surface area contributed by atoms with Gasteiger partial charge in [-0.1, -0.05) is 6.07 Å². The third-order valence-electron chi connectivity index (χ3n) is 2.42. The molecule has 0 radical (unpaired) electrons. The third-order valence-corrected chi connectivity index (χ3v) is 2.42. The van der Waals surface area contributed by atoms with Crippen molar-refractivity contribution in [3.8, 4) is 0 Å². The van der Waals surface area contributed by atoms with E-state index in [4.69, 9.17) is 5.11 Å². The van der Waals surface area contributed by atoms with Gasteiger partial charge in [-0.2, -0.15) is 0 Å². The van der Waals surface area contributed by atoms with Crippen molar-refractivity contribution in [3.63, 3.8) is 0 Å². The van der Waals surface area contributed by atoms with Gasteiger partial charge in [-0.05, 0) is 29.8 Å². The zero-order chi connectivity index (χ0) is 11.5. The van der Waals surface area contributed by atoms with Gasteiger partial charge < -0.3 is 9.67 Å². The van der Waals surface area contributed by atoms with Crippen LogP contribution in [0.4, 0.5) is 8.78 Å². The van der Waals surface area contributed by atoms with Crippen molar-refractivity contribution < 1.29 is 13.9 Å². The van der Waals surface area contributed by atoms with E-state index < -0.39 is 11.6 Å². The van der Waals surface area contributed by atoms with E-state index in [1.54, 1.807) is 22.9 Å². The number of rotatable bonds is 3. The minimum Gasteiger partial charge on any atom is -0.390 e. The van der Waals surface area contributed by atoms with Crippen molar-refractivity contribution in [2.24, 2.45) is 0 Å². The molecule has 2 aromatic rings. The summed E-state index contributed by atoms with van der Waals surface area (Å²) in [5.41, 5.74) is 1.40. The van der Waals surface area contributed by atoms with Crippen LogP contribution in [0.3, 0.4) is 0 Å². The van der Waals surface area contributed by atoms with Crippen LogP contribution in [0.25, 0.3) is 0 Å². The number of benzene rings is 1. The van der Waals surface area contributed by atoms with Crippen molar-refractivity contribution in [1.82, 2.24) is 4.57 Å². The summed E-state index contributed by atoms with van der Waals surface area (Å²) >= 11 is 0. The zero-order valence-corrected chi connectivity index (χ0v) is 8.53. The van der Waals surface area contributed by atoms with Gasteiger partial charge in [-0.3, -0.25) is 0 Å². The topological polar surface area (TPSA) is 25.2 Å². The Morgan fingerprint density at radius 3 is 2.62 bits per heavy atom. The molecule has 2 rings (SSSR count). The number of aromatic nitrogens is 1. The quantitative estimate of drug-likeness (QED) is 0.848. The van der Waals surface area contributed by atoms with E-state index in [0.29, 0.717) is 12.1 Å². The van der Waals surface area contributed by atoms with Crippen LogP contribution >= 0.6 is 0 Å². The minimum absolute atomic E-state index is 0.0727. The molecule has 0 spiro atoms. The highest BCUT2D eigenvalue weighted by Crippen LogP contribution is 2.12. The van der Waals surface area contributed by atoms with Crippen LogP contribution in [0.1, 0.15) is 11.3 Å². The van der Waals surface area contributed by atoms with Crippen molar-refractivity contribution in [3.05, 3.63) is 59.4 Å². The number of nitrogens with zero attached hydrogens (tertiary/aromatic N) is 1. The van der Waals surface area contributed by atoms with Crippen LogP contribution in [0.15, 0.2) is 36.5 Å². The van der Waals surface area contributed by atoms with E-state index in [0.717, 1.165) is 17.8 Å². The number of aliphatic hydroxyl groups is 1. The number of hydrogen-bond donors (Lipinski definition) is 1. The van der Waals surface area contributed by atoms with Crippen molar-refractivity contribution in [2.75, 3.05) is 0 Å². The fourth-order valence-corrected chi connectivity index (χ4v) is 1.58. The highest BCUT2D eigenvalue weighted by molar-refractivity contribution is 5.19. The van der Waals surface area contributed by atoms with E-state index in [-0.39, 0.29) is 6.61 Å². The second-order valence-electron chi connectivity index (χ2n) is 3.53. The molecule has 1 aromatic carbocycles. The Morgan fingerprint density at radius 1 is 1.12 bits per heavy atom. The summed E-state index contributed by atoms with van der Waals surface area (Å²) < 4.78 is 27.4. The summed E-state index contributed by atoms with van der Waals surface area (Å²) in [6.07, 6.45) is 1.78. The van der Waals surface area contributed by atoms with E-state index in [1.165, 1.54) is 6.07 Å². The number of halogens is 2. The van der Waals surface area contributed by atoms with Gasteiger partial charge in [0.2, 0.25) is 0 Å². The average molecular weight is 223 g/mol. The molecule has 0 bridgehead atoms. The van der Waals surface area contributed by atoms with Gasteiger partial charge in [-0.15, -0.1) is 0 Å². The normalized spacial score (nSPS) is 10.7. The largest absolute Gasteiger partial charge is 0.390 e. The highest BCUT2D eigenvalue weighted by Gasteiger charge is 2.04. The standard InChI is InChI=1S/C12H11F2NO/c13-11-4-3-9(6-12(11)14)7-15-5-1-2-10(15)8-16/h1-6,16H,7-8H2. The molecule has 16 heavy (non-hydrogen) atoms. The molecule has 0 saturated heterocycles. The van der Waals surface area contributed by atoms with E-state index in [1.807, 2.05) is 0 Å². The molecule has 0 aliphatic carbocycles. The molecule has 1 aromatic heterocycles. The summed E-state index contributed by atoms with van der Waals surface area (Å²) in [6, 6.07) is 7.37. The van der Waals surface area contributed by atoms with E-state index in [2.05, 4.69) is 0 Å². The minimum atomic E-state index is -0.852. The predicted molar refractivity (Wildman–Crippen MR) is 55.8 cm³/mol. The molecular formula is C12H11F2NO. The number of aliphatic hydroxyl groups excluding tert-OH is 1. The second kappa shape index (κ2) is 4.45. The molecule has 84 valence electrons. The van der Waals surface area contributed by atoms with Gasteiger partial charge in [0.05, 0.1) is 6.61 Å². The van der Waals surface area contributed by atoms with Crippen molar-refractivity contribution in [1.29, 1.82) is 0 Å². The zero-order valence-electron chi connectivity index (χ0n) is 8.53. The first kappa shape index (κ1) is 10.8. The molecule has 0 aliphatic heterocycles. The first-order valence-corrected chi connectivity index (χ1v) is 4.89. The Hall–Kier alpha value is -1.68. The average Bonchev–Trinajstić information content (AvgIpc) is 2.71. The Bertz CT molecular complexity index is 494. The third kappa shape index (κ3) is 2.12. The Balaban J connectivity index is 2.24. The monoisotopic (exact) mass is 223 g/mol. The molecule has 0 atom stereocenters. The van der Waals surface area contributed by atoms with Gasteiger partial charge in [-0.25, -0.2) is 8.78 Å². The van der Waals surface area contributed by atoms with Crippen LogP contribution < -0.4 is 0 Å². The van der Waals surface area contributed by atoms with Crippen LogP contribution in [-0.4, -0.2) is 9.67 Å². The highest BCUT2D eigenvalue weighted by atomic mass is 19.2. The molecule has 0 unspecified atom stereocenters. The maximum absolute atomic E-state index is 13.0. The van der Waals surface area contributed by atoms with E-state index in [9.17, 15) is 8.78 Å². The van der Waals surface area contributed by atoms with Gasteiger partial charge in [0, 0.05) is 18.4 Å². The fourth-order valence-electron chi connectivity index (χ4n) is 1.58. The van der Waals surface area contributed by atoms with Gasteiger partial charge in [0.1, 0.15) is 0 Å². The van der Waals surface area contributed by atoms with Gasteiger partial charge in [0.25, 0.3) is 0 Å². The maximum atomic E-state index is 13.0. The maximum Gasteiger partial charge on any atom is 0.159 e. The summed E-state index contributed by atoms with van der Waals surface area (Å²) in [6.45, 7) is 0.344. The van der Waals surface area contributed by atoms with Crippen molar-refractivity contribution in [2.45, 2.75) is 13.2 Å². The van der Waals surface area contributed by atoms with Gasteiger partial charge in [0.15, 0.2) is 11.6 Å². The summed E-state index contributed by atoms with van der Waals surface area (Å²) in [7, 11) is 0. The molecule has 2 nitrogen and oxygen atoms in total. The first-order valence-electron chi connectivity index (χ1n) is 4.89. The SMILES string of the molecule is OCc1cccn1Cc1ccc(F)c(F)c1. The molecule has 0 aliphatic rings. The van der Waals surface area contributed by atoms with Crippen LogP contribution in [-0.2, 0) is 13.2 Å². The van der Waals surface area contributed by atoms with Crippen LogP contribution in [0, 0.1) is 11.6 Å². The van der Waals surface area contributed by atoms with Crippen LogP contribution in [0.5, 0.6) is 0 Å². The molecule has 1 heterocycles. The second-order valence-corrected chi connectivity index (χ2v) is 3.53. The lowest BCUT2D eigenvalue weighted by Gasteiger charge is -2.07. The molecule has 0 amide bonds. The summed E-state index contributed by atoms with van der Waals surface area (Å²) in [4.78, 5) is 0. The number of hydrogen-bond acceptors (Lipinski definition) is 1. The Morgan fingerprint density at radius 2 is 1.94 bits per heavy atom. The van der Waals surface area contributed by atoms with Gasteiger partial charge >= 0.3 is 0 Å². The summed E-state index contributed by atoms with van der Waals surface area (Å²) in [5, 5.41) is 9.03. The molecule has 0 saturated carbocycles. The molecule has 0 fully saturated rings. The lowest BCUT2D eigenvalue weighted by atomic mass is 10.2. The van der Waals surface area contributed by atoms with Crippen LogP contribution in [0.2, 0.25) is 0 Å². The van der Waals surface area contributed by atoms with E-state index >= 15 is 0 Å². The molecular weight excluding hydrogens is 212 g/mol. The summed E-state index contributed by atoms with van der Waals surface area (Å²) in [5.74, 6) is -1.70. The Kier molecular flexibility index (Phi) is 3.01.